The minimum absolute atomic E-state index is 0.187. The molecule has 0 aliphatic heterocycles. The highest BCUT2D eigenvalue weighted by atomic mass is 19.1. The van der Waals surface area contributed by atoms with Crippen molar-refractivity contribution in [3.05, 3.63) is 53.8 Å². The van der Waals surface area contributed by atoms with Gasteiger partial charge < -0.3 is 5.32 Å². The molecule has 2 heteroatoms. The van der Waals surface area contributed by atoms with E-state index in [0.717, 1.165) is 22.4 Å². The summed E-state index contributed by atoms with van der Waals surface area (Å²) < 4.78 is 13.0. The van der Waals surface area contributed by atoms with Crippen LogP contribution in [0.4, 0.5) is 10.1 Å². The number of hydrogen-bond acceptors (Lipinski definition) is 1. The smallest absolute Gasteiger partial charge is 0.123 e. The molecule has 0 atom stereocenters. The second-order valence-corrected chi connectivity index (χ2v) is 3.79. The lowest BCUT2D eigenvalue weighted by atomic mass is 10.0. The van der Waals surface area contributed by atoms with Crippen LogP contribution in [-0.4, -0.2) is 7.05 Å². The number of anilines is 1. The number of benzene rings is 2. The first-order valence-electron chi connectivity index (χ1n) is 5.25. The van der Waals surface area contributed by atoms with Crippen LogP contribution in [0, 0.1) is 12.7 Å². The van der Waals surface area contributed by atoms with E-state index in [4.69, 9.17) is 0 Å². The van der Waals surface area contributed by atoms with Gasteiger partial charge in [0.2, 0.25) is 0 Å². The highest BCUT2D eigenvalue weighted by Crippen LogP contribution is 2.25. The van der Waals surface area contributed by atoms with Gasteiger partial charge in [0.05, 0.1) is 0 Å². The quantitative estimate of drug-likeness (QED) is 0.802. The number of aryl methyl sites for hydroxylation is 1. The maximum atomic E-state index is 13.0. The highest BCUT2D eigenvalue weighted by molar-refractivity contribution is 5.69. The van der Waals surface area contributed by atoms with Crippen molar-refractivity contribution in [3.63, 3.8) is 0 Å². The van der Waals surface area contributed by atoms with Gasteiger partial charge in [0, 0.05) is 12.7 Å². The summed E-state index contributed by atoms with van der Waals surface area (Å²) in [5.41, 5.74) is 4.21. The molecular formula is C14H14FN. The normalized spacial score (nSPS) is 10.2. The molecule has 2 aromatic rings. The fraction of sp³-hybridized carbons (Fsp3) is 0.143. The van der Waals surface area contributed by atoms with Crippen LogP contribution in [0.2, 0.25) is 0 Å². The van der Waals surface area contributed by atoms with E-state index in [1.54, 1.807) is 6.07 Å². The van der Waals surface area contributed by atoms with Gasteiger partial charge in [0.1, 0.15) is 5.82 Å². The Labute approximate surface area is 94.9 Å². The van der Waals surface area contributed by atoms with Crippen molar-refractivity contribution in [1.29, 1.82) is 0 Å². The van der Waals surface area contributed by atoms with E-state index in [0.29, 0.717) is 0 Å². The third kappa shape index (κ3) is 2.06. The van der Waals surface area contributed by atoms with E-state index in [1.165, 1.54) is 6.07 Å². The number of hydrogen-bond donors (Lipinski definition) is 1. The fourth-order valence-electron chi connectivity index (χ4n) is 1.77. The van der Waals surface area contributed by atoms with Gasteiger partial charge in [-0.1, -0.05) is 18.2 Å². The largest absolute Gasteiger partial charge is 0.388 e. The summed E-state index contributed by atoms with van der Waals surface area (Å²) in [7, 11) is 1.89. The first kappa shape index (κ1) is 10.7. The van der Waals surface area contributed by atoms with Gasteiger partial charge in [-0.25, -0.2) is 4.39 Å². The predicted molar refractivity (Wildman–Crippen MR) is 66.1 cm³/mol. The zero-order chi connectivity index (χ0) is 11.5. The van der Waals surface area contributed by atoms with Gasteiger partial charge in [-0.15, -0.1) is 0 Å². The van der Waals surface area contributed by atoms with Crippen molar-refractivity contribution in [2.75, 3.05) is 12.4 Å². The molecule has 82 valence electrons. The average Bonchev–Trinajstić information content (AvgIpc) is 2.29. The van der Waals surface area contributed by atoms with Gasteiger partial charge >= 0.3 is 0 Å². The maximum absolute atomic E-state index is 13.0. The Kier molecular flexibility index (Phi) is 2.91. The van der Waals surface area contributed by atoms with Crippen molar-refractivity contribution in [2.45, 2.75) is 6.92 Å². The Morgan fingerprint density at radius 1 is 1.00 bits per heavy atom. The van der Waals surface area contributed by atoms with E-state index in [1.807, 2.05) is 44.3 Å². The number of nitrogens with one attached hydrogen (secondary N) is 1. The predicted octanol–water partition coefficient (Wildman–Crippen LogP) is 3.84. The second-order valence-electron chi connectivity index (χ2n) is 3.79. The molecule has 0 saturated heterocycles. The van der Waals surface area contributed by atoms with Crippen molar-refractivity contribution < 1.29 is 4.39 Å². The Morgan fingerprint density at radius 3 is 2.25 bits per heavy atom. The molecule has 0 aliphatic rings. The van der Waals surface area contributed by atoms with Crippen molar-refractivity contribution in [3.8, 4) is 11.1 Å². The molecule has 0 saturated carbocycles. The second kappa shape index (κ2) is 4.35. The molecule has 2 rings (SSSR count). The first-order valence-corrected chi connectivity index (χ1v) is 5.25. The summed E-state index contributed by atoms with van der Waals surface area (Å²) in [6.45, 7) is 1.92. The summed E-state index contributed by atoms with van der Waals surface area (Å²) in [6, 6.07) is 13.0. The molecule has 2 aromatic carbocycles. The first-order chi connectivity index (χ1) is 7.70. The third-order valence-electron chi connectivity index (χ3n) is 2.67. The minimum Gasteiger partial charge on any atom is -0.388 e. The van der Waals surface area contributed by atoms with E-state index < -0.39 is 0 Å². The lowest BCUT2D eigenvalue weighted by molar-refractivity contribution is 0.627. The summed E-state index contributed by atoms with van der Waals surface area (Å²) in [5, 5.41) is 3.07. The topological polar surface area (TPSA) is 12.0 Å². The summed E-state index contributed by atoms with van der Waals surface area (Å²) in [4.78, 5) is 0. The molecule has 0 fully saturated rings. The lowest BCUT2D eigenvalue weighted by Crippen LogP contribution is -1.88. The molecule has 1 nitrogen and oxygen atoms in total. The molecule has 0 amide bonds. The number of halogens is 1. The van der Waals surface area contributed by atoms with E-state index >= 15 is 0 Å². The summed E-state index contributed by atoms with van der Waals surface area (Å²) in [6.07, 6.45) is 0. The Morgan fingerprint density at radius 2 is 1.69 bits per heavy atom. The van der Waals surface area contributed by atoms with Crippen molar-refractivity contribution in [1.82, 2.24) is 0 Å². The van der Waals surface area contributed by atoms with Crippen LogP contribution >= 0.6 is 0 Å². The molecule has 0 unspecified atom stereocenters. The molecule has 0 heterocycles. The Balaban J connectivity index is 2.42. The zero-order valence-corrected chi connectivity index (χ0v) is 9.42. The van der Waals surface area contributed by atoms with Gasteiger partial charge in [-0.3, -0.25) is 0 Å². The lowest BCUT2D eigenvalue weighted by Gasteiger charge is -2.07. The van der Waals surface area contributed by atoms with E-state index in [9.17, 15) is 4.39 Å². The molecule has 0 aromatic heterocycles. The summed E-state index contributed by atoms with van der Waals surface area (Å²) >= 11 is 0. The van der Waals surface area contributed by atoms with Crippen LogP contribution < -0.4 is 5.32 Å². The molecule has 16 heavy (non-hydrogen) atoms. The van der Waals surface area contributed by atoms with Crippen LogP contribution in [0.15, 0.2) is 42.5 Å². The molecule has 0 spiro atoms. The third-order valence-corrected chi connectivity index (χ3v) is 2.67. The van der Waals surface area contributed by atoms with Crippen LogP contribution in [0.1, 0.15) is 5.56 Å². The molecule has 0 radical (unpaired) electrons. The van der Waals surface area contributed by atoms with E-state index in [2.05, 4.69) is 5.32 Å². The Hall–Kier alpha value is -1.83. The molecular weight excluding hydrogens is 201 g/mol. The van der Waals surface area contributed by atoms with Crippen LogP contribution in [0.25, 0.3) is 11.1 Å². The molecule has 1 N–H and O–H groups in total. The maximum Gasteiger partial charge on any atom is 0.123 e. The average molecular weight is 215 g/mol. The zero-order valence-electron chi connectivity index (χ0n) is 9.42. The number of rotatable bonds is 2. The van der Waals surface area contributed by atoms with Crippen molar-refractivity contribution >= 4 is 5.69 Å². The van der Waals surface area contributed by atoms with Gasteiger partial charge in [-0.05, 0) is 47.9 Å². The van der Waals surface area contributed by atoms with Crippen molar-refractivity contribution in [2.24, 2.45) is 0 Å². The van der Waals surface area contributed by atoms with Gasteiger partial charge in [0.15, 0.2) is 0 Å². The summed E-state index contributed by atoms with van der Waals surface area (Å²) in [5.74, 6) is -0.187. The monoisotopic (exact) mass is 215 g/mol. The minimum atomic E-state index is -0.187. The fourth-order valence-corrected chi connectivity index (χ4v) is 1.77. The van der Waals surface area contributed by atoms with E-state index in [-0.39, 0.29) is 5.82 Å². The van der Waals surface area contributed by atoms with Crippen LogP contribution in [0.5, 0.6) is 0 Å². The SMILES string of the molecule is CNc1ccc(-c2ccc(F)cc2C)cc1. The highest BCUT2D eigenvalue weighted by Gasteiger charge is 2.02. The van der Waals surface area contributed by atoms with Gasteiger partial charge in [-0.2, -0.15) is 0 Å². The van der Waals surface area contributed by atoms with Crippen LogP contribution in [0.3, 0.4) is 0 Å². The molecule has 0 aliphatic carbocycles. The molecule has 0 bridgehead atoms. The Bertz CT molecular complexity index is 489. The van der Waals surface area contributed by atoms with Gasteiger partial charge in [0.25, 0.3) is 0 Å². The standard InChI is InChI=1S/C14H14FN/c1-10-9-12(15)5-8-14(10)11-3-6-13(16-2)7-4-11/h3-9,16H,1-2H3. The van der Waals surface area contributed by atoms with Crippen LogP contribution in [-0.2, 0) is 0 Å².